The summed E-state index contributed by atoms with van der Waals surface area (Å²) in [7, 11) is -3.14. The molecule has 1 saturated carbocycles. The van der Waals surface area contributed by atoms with Crippen LogP contribution >= 0.6 is 0 Å². The molecule has 0 spiro atoms. The van der Waals surface area contributed by atoms with Gasteiger partial charge in [-0.2, -0.15) is 0 Å². The Morgan fingerprint density at radius 2 is 2.07 bits per heavy atom. The van der Waals surface area contributed by atoms with E-state index in [1.165, 1.54) is 0 Å². The number of sulfone groups is 1. The molecule has 0 heterocycles. The van der Waals surface area contributed by atoms with Crippen LogP contribution < -0.4 is 0 Å². The Labute approximate surface area is 89.7 Å². The Bertz CT molecular complexity index is 447. The Morgan fingerprint density at radius 1 is 1.33 bits per heavy atom. The van der Waals surface area contributed by atoms with Gasteiger partial charge in [-0.3, -0.25) is 0 Å². The minimum Gasteiger partial charge on any atom is -0.392 e. The van der Waals surface area contributed by atoms with Crippen molar-refractivity contribution in [3.8, 4) is 0 Å². The fraction of sp³-hybridized carbons (Fsp3) is 0.455. The van der Waals surface area contributed by atoms with E-state index in [-0.39, 0.29) is 12.4 Å². The first-order valence-corrected chi connectivity index (χ1v) is 6.69. The van der Waals surface area contributed by atoms with Crippen LogP contribution in [0.4, 0.5) is 0 Å². The summed E-state index contributed by atoms with van der Waals surface area (Å²) >= 11 is 0. The van der Waals surface area contributed by atoms with Crippen LogP contribution in [0.5, 0.6) is 0 Å². The second-order valence-electron chi connectivity index (χ2n) is 4.03. The van der Waals surface area contributed by atoms with E-state index >= 15 is 0 Å². The topological polar surface area (TPSA) is 54.4 Å². The molecule has 0 saturated heterocycles. The summed E-state index contributed by atoms with van der Waals surface area (Å²) in [5.41, 5.74) is 0.645. The van der Waals surface area contributed by atoms with Gasteiger partial charge in [-0.25, -0.2) is 8.42 Å². The molecule has 0 aromatic heterocycles. The summed E-state index contributed by atoms with van der Waals surface area (Å²) in [6.07, 6.45) is 2.05. The summed E-state index contributed by atoms with van der Waals surface area (Å²) in [5.74, 6) is 0.606. The SMILES string of the molecule is O=S(=O)(CC1CC1)c1cccc(CO)c1. The Balaban J connectivity index is 2.26. The summed E-state index contributed by atoms with van der Waals surface area (Å²) in [6.45, 7) is -0.118. The van der Waals surface area contributed by atoms with Gasteiger partial charge in [0.1, 0.15) is 0 Å². The molecule has 0 unspecified atom stereocenters. The van der Waals surface area contributed by atoms with E-state index in [0.29, 0.717) is 16.4 Å². The molecule has 1 aromatic carbocycles. The minimum absolute atomic E-state index is 0.118. The Kier molecular flexibility index (Phi) is 2.80. The molecular formula is C11H14O3S. The van der Waals surface area contributed by atoms with Crippen LogP contribution in [0.25, 0.3) is 0 Å². The third-order valence-corrected chi connectivity index (χ3v) is 4.47. The van der Waals surface area contributed by atoms with Crippen molar-refractivity contribution >= 4 is 9.84 Å². The van der Waals surface area contributed by atoms with Crippen molar-refractivity contribution in [1.82, 2.24) is 0 Å². The quantitative estimate of drug-likeness (QED) is 0.843. The van der Waals surface area contributed by atoms with Crippen molar-refractivity contribution < 1.29 is 13.5 Å². The fourth-order valence-electron chi connectivity index (χ4n) is 1.53. The average Bonchev–Trinajstić information content (AvgIpc) is 3.01. The summed E-state index contributed by atoms with van der Waals surface area (Å²) in [6, 6.07) is 6.54. The molecule has 0 atom stereocenters. The molecule has 4 heteroatoms. The molecule has 1 aliphatic carbocycles. The van der Waals surface area contributed by atoms with Crippen LogP contribution in [0, 0.1) is 5.92 Å². The first-order valence-electron chi connectivity index (χ1n) is 5.04. The summed E-state index contributed by atoms with van der Waals surface area (Å²) in [4.78, 5) is 0.334. The molecular weight excluding hydrogens is 212 g/mol. The van der Waals surface area contributed by atoms with Gasteiger partial charge in [0.05, 0.1) is 17.3 Å². The number of hydrogen-bond acceptors (Lipinski definition) is 3. The third-order valence-electron chi connectivity index (χ3n) is 2.59. The smallest absolute Gasteiger partial charge is 0.178 e. The summed E-state index contributed by atoms with van der Waals surface area (Å²) < 4.78 is 23.7. The Morgan fingerprint density at radius 3 is 2.67 bits per heavy atom. The highest BCUT2D eigenvalue weighted by Crippen LogP contribution is 2.32. The highest BCUT2D eigenvalue weighted by molar-refractivity contribution is 7.91. The normalized spacial score (nSPS) is 16.6. The van der Waals surface area contributed by atoms with Crippen molar-refractivity contribution in [2.45, 2.75) is 24.3 Å². The molecule has 0 aliphatic heterocycles. The van der Waals surface area contributed by atoms with Crippen LogP contribution in [0.2, 0.25) is 0 Å². The van der Waals surface area contributed by atoms with Crippen LogP contribution in [0.1, 0.15) is 18.4 Å². The average molecular weight is 226 g/mol. The molecule has 1 N–H and O–H groups in total. The zero-order valence-electron chi connectivity index (χ0n) is 8.39. The lowest BCUT2D eigenvalue weighted by atomic mass is 10.2. The number of hydrogen-bond donors (Lipinski definition) is 1. The standard InChI is InChI=1S/C11H14O3S/c12-7-10-2-1-3-11(6-10)15(13,14)8-9-4-5-9/h1-3,6,9,12H,4-5,7-8H2. The molecule has 1 aromatic rings. The number of aliphatic hydroxyl groups is 1. The van der Waals surface area contributed by atoms with Crippen LogP contribution in [0.3, 0.4) is 0 Å². The fourth-order valence-corrected chi connectivity index (χ4v) is 3.29. The maximum Gasteiger partial charge on any atom is 0.178 e. The highest BCUT2D eigenvalue weighted by Gasteiger charge is 2.28. The second kappa shape index (κ2) is 3.94. The van der Waals surface area contributed by atoms with Gasteiger partial charge in [-0.1, -0.05) is 12.1 Å². The van der Waals surface area contributed by atoms with Gasteiger partial charge in [0.15, 0.2) is 9.84 Å². The van der Waals surface area contributed by atoms with Gasteiger partial charge < -0.3 is 5.11 Å². The lowest BCUT2D eigenvalue weighted by Gasteiger charge is -2.04. The van der Waals surface area contributed by atoms with Crippen molar-refractivity contribution in [3.63, 3.8) is 0 Å². The lowest BCUT2D eigenvalue weighted by molar-refractivity contribution is 0.281. The number of rotatable bonds is 4. The maximum absolute atomic E-state index is 11.9. The molecule has 82 valence electrons. The minimum atomic E-state index is -3.14. The number of aliphatic hydroxyl groups excluding tert-OH is 1. The first-order chi connectivity index (χ1) is 7.12. The lowest BCUT2D eigenvalue weighted by Crippen LogP contribution is -2.08. The maximum atomic E-state index is 11.9. The van der Waals surface area contributed by atoms with Gasteiger partial charge in [-0.15, -0.1) is 0 Å². The van der Waals surface area contributed by atoms with E-state index in [9.17, 15) is 8.42 Å². The van der Waals surface area contributed by atoms with E-state index in [0.717, 1.165) is 12.8 Å². The van der Waals surface area contributed by atoms with E-state index in [1.807, 2.05) is 0 Å². The van der Waals surface area contributed by atoms with Crippen molar-refractivity contribution in [2.75, 3.05) is 5.75 Å². The molecule has 3 nitrogen and oxygen atoms in total. The van der Waals surface area contributed by atoms with E-state index < -0.39 is 9.84 Å². The zero-order valence-corrected chi connectivity index (χ0v) is 9.20. The molecule has 1 fully saturated rings. The first kappa shape index (κ1) is 10.6. The molecule has 0 amide bonds. The van der Waals surface area contributed by atoms with Crippen LogP contribution in [0.15, 0.2) is 29.2 Å². The molecule has 0 bridgehead atoms. The molecule has 15 heavy (non-hydrogen) atoms. The highest BCUT2D eigenvalue weighted by atomic mass is 32.2. The van der Waals surface area contributed by atoms with E-state index in [1.54, 1.807) is 24.3 Å². The molecule has 2 rings (SSSR count). The van der Waals surface area contributed by atoms with Gasteiger partial charge in [0.25, 0.3) is 0 Å². The number of benzene rings is 1. The Hall–Kier alpha value is -0.870. The van der Waals surface area contributed by atoms with E-state index in [4.69, 9.17) is 5.11 Å². The van der Waals surface area contributed by atoms with Crippen molar-refractivity contribution in [1.29, 1.82) is 0 Å². The van der Waals surface area contributed by atoms with Gasteiger partial charge >= 0.3 is 0 Å². The van der Waals surface area contributed by atoms with Gasteiger partial charge in [0, 0.05) is 0 Å². The predicted molar refractivity (Wildman–Crippen MR) is 57.1 cm³/mol. The second-order valence-corrected chi connectivity index (χ2v) is 6.06. The van der Waals surface area contributed by atoms with Crippen LogP contribution in [-0.4, -0.2) is 19.3 Å². The van der Waals surface area contributed by atoms with Gasteiger partial charge in [-0.05, 0) is 36.5 Å². The van der Waals surface area contributed by atoms with Gasteiger partial charge in [0.2, 0.25) is 0 Å². The molecule has 1 aliphatic rings. The zero-order chi connectivity index (χ0) is 10.9. The summed E-state index contributed by atoms with van der Waals surface area (Å²) in [5, 5.41) is 8.93. The predicted octanol–water partition coefficient (Wildman–Crippen LogP) is 1.36. The van der Waals surface area contributed by atoms with E-state index in [2.05, 4.69) is 0 Å². The van der Waals surface area contributed by atoms with Crippen LogP contribution in [-0.2, 0) is 16.4 Å². The van der Waals surface area contributed by atoms with Crippen molar-refractivity contribution in [3.05, 3.63) is 29.8 Å². The largest absolute Gasteiger partial charge is 0.392 e. The third kappa shape index (κ3) is 2.58. The monoisotopic (exact) mass is 226 g/mol. The van der Waals surface area contributed by atoms with Crippen molar-refractivity contribution in [2.24, 2.45) is 5.92 Å². The molecule has 0 radical (unpaired) electrons.